The number of hydrogen-bond acceptors (Lipinski definition) is 3. The Kier molecular flexibility index (Phi) is 4.66. The monoisotopic (exact) mass is 337 g/mol. The van der Waals surface area contributed by atoms with Crippen LogP contribution in [-0.2, 0) is 6.54 Å². The van der Waals surface area contributed by atoms with Crippen LogP contribution in [0.1, 0.15) is 17.2 Å². The number of thiophene rings is 1. The SMILES string of the molecule is OCC(NCc1csc2ccccc12)c1cc(F)c(F)c(F)c1. The molecule has 0 amide bonds. The number of rotatable bonds is 5. The van der Waals surface area contributed by atoms with Crippen molar-refractivity contribution in [2.45, 2.75) is 12.6 Å². The molecule has 0 aliphatic heterocycles. The molecule has 2 aromatic carbocycles. The molecular weight excluding hydrogens is 323 g/mol. The molecule has 6 heteroatoms. The molecule has 1 atom stereocenters. The second-order valence-electron chi connectivity index (χ2n) is 5.17. The normalized spacial score (nSPS) is 12.7. The van der Waals surface area contributed by atoms with Gasteiger partial charge in [-0.3, -0.25) is 0 Å². The van der Waals surface area contributed by atoms with Crippen LogP contribution in [0.3, 0.4) is 0 Å². The summed E-state index contributed by atoms with van der Waals surface area (Å²) in [7, 11) is 0. The van der Waals surface area contributed by atoms with Gasteiger partial charge in [-0.05, 0) is 40.1 Å². The summed E-state index contributed by atoms with van der Waals surface area (Å²) in [5.74, 6) is -4.03. The molecule has 23 heavy (non-hydrogen) atoms. The summed E-state index contributed by atoms with van der Waals surface area (Å²) in [6.45, 7) is 0.0719. The number of fused-ring (bicyclic) bond motifs is 1. The highest BCUT2D eigenvalue weighted by molar-refractivity contribution is 7.17. The number of hydrogen-bond donors (Lipinski definition) is 2. The molecule has 0 fully saturated rings. The highest BCUT2D eigenvalue weighted by Crippen LogP contribution is 2.26. The van der Waals surface area contributed by atoms with Crippen molar-refractivity contribution in [2.24, 2.45) is 0 Å². The Balaban J connectivity index is 1.80. The Hall–Kier alpha value is -1.89. The lowest BCUT2D eigenvalue weighted by Gasteiger charge is -2.17. The summed E-state index contributed by atoms with van der Waals surface area (Å²) < 4.78 is 40.8. The van der Waals surface area contributed by atoms with Crippen LogP contribution in [0.15, 0.2) is 41.8 Å². The van der Waals surface area contributed by atoms with Crippen LogP contribution >= 0.6 is 11.3 Å². The lowest BCUT2D eigenvalue weighted by Crippen LogP contribution is -2.24. The van der Waals surface area contributed by atoms with Crippen molar-refractivity contribution in [2.75, 3.05) is 6.61 Å². The maximum Gasteiger partial charge on any atom is 0.194 e. The zero-order chi connectivity index (χ0) is 16.4. The van der Waals surface area contributed by atoms with Gasteiger partial charge in [-0.1, -0.05) is 18.2 Å². The zero-order valence-electron chi connectivity index (χ0n) is 12.0. The first kappa shape index (κ1) is 16.0. The first-order valence-electron chi connectivity index (χ1n) is 7.04. The second-order valence-corrected chi connectivity index (χ2v) is 6.08. The minimum absolute atomic E-state index is 0.170. The summed E-state index contributed by atoms with van der Waals surface area (Å²) in [6.07, 6.45) is 0. The molecule has 1 aromatic heterocycles. The van der Waals surface area contributed by atoms with E-state index in [9.17, 15) is 18.3 Å². The topological polar surface area (TPSA) is 32.3 Å². The van der Waals surface area contributed by atoms with E-state index in [4.69, 9.17) is 0 Å². The van der Waals surface area contributed by atoms with E-state index in [1.54, 1.807) is 11.3 Å². The standard InChI is InChI=1S/C17H14F3NOS/c18-13-5-10(6-14(19)17(13)20)15(8-22)21-7-11-9-23-16-4-2-1-3-12(11)16/h1-6,9,15,21-22H,7-8H2. The smallest absolute Gasteiger partial charge is 0.194 e. The van der Waals surface area contributed by atoms with E-state index in [1.807, 2.05) is 29.6 Å². The van der Waals surface area contributed by atoms with E-state index in [0.717, 1.165) is 27.8 Å². The number of halogens is 3. The fraction of sp³-hybridized carbons (Fsp3) is 0.176. The minimum atomic E-state index is -1.51. The maximum atomic E-state index is 13.3. The van der Waals surface area contributed by atoms with E-state index in [2.05, 4.69) is 5.32 Å². The predicted octanol–water partition coefficient (Wildman–Crippen LogP) is 4.14. The molecule has 0 bridgehead atoms. The molecule has 120 valence electrons. The van der Waals surface area contributed by atoms with E-state index in [1.165, 1.54) is 0 Å². The van der Waals surface area contributed by atoms with Crippen LogP contribution in [0, 0.1) is 17.5 Å². The van der Waals surface area contributed by atoms with Crippen molar-refractivity contribution >= 4 is 21.4 Å². The van der Waals surface area contributed by atoms with E-state index in [-0.39, 0.29) is 12.2 Å². The van der Waals surface area contributed by atoms with E-state index in [0.29, 0.717) is 6.54 Å². The van der Waals surface area contributed by atoms with Crippen molar-refractivity contribution in [3.63, 3.8) is 0 Å². The van der Waals surface area contributed by atoms with Crippen LogP contribution in [0.2, 0.25) is 0 Å². The van der Waals surface area contributed by atoms with Gasteiger partial charge in [0.2, 0.25) is 0 Å². The number of benzene rings is 2. The van der Waals surface area contributed by atoms with E-state index < -0.39 is 23.5 Å². The minimum Gasteiger partial charge on any atom is -0.394 e. The highest BCUT2D eigenvalue weighted by Gasteiger charge is 2.17. The van der Waals surface area contributed by atoms with Crippen molar-refractivity contribution in [3.05, 3.63) is 70.4 Å². The lowest BCUT2D eigenvalue weighted by molar-refractivity contribution is 0.243. The molecule has 0 radical (unpaired) electrons. The largest absolute Gasteiger partial charge is 0.394 e. The molecule has 3 aromatic rings. The van der Waals surface area contributed by atoms with Crippen molar-refractivity contribution in [3.8, 4) is 0 Å². The summed E-state index contributed by atoms with van der Waals surface area (Å²) >= 11 is 1.60. The molecular formula is C17H14F3NOS. The van der Waals surface area contributed by atoms with Gasteiger partial charge in [-0.15, -0.1) is 11.3 Å². The summed E-state index contributed by atoms with van der Waals surface area (Å²) in [6, 6.07) is 9.02. The van der Waals surface area contributed by atoms with Crippen LogP contribution in [0.25, 0.3) is 10.1 Å². The fourth-order valence-electron chi connectivity index (χ4n) is 2.47. The number of aliphatic hydroxyl groups is 1. The van der Waals surface area contributed by atoms with Gasteiger partial charge in [-0.25, -0.2) is 13.2 Å². The van der Waals surface area contributed by atoms with Crippen LogP contribution in [0.5, 0.6) is 0 Å². The molecule has 0 spiro atoms. The van der Waals surface area contributed by atoms with Gasteiger partial charge in [0, 0.05) is 11.2 Å². The van der Waals surface area contributed by atoms with Gasteiger partial charge < -0.3 is 10.4 Å². The highest BCUT2D eigenvalue weighted by atomic mass is 32.1. The summed E-state index contributed by atoms with van der Waals surface area (Å²) in [4.78, 5) is 0. The Labute approximate surface area is 135 Å². The molecule has 0 saturated heterocycles. The predicted molar refractivity (Wildman–Crippen MR) is 84.8 cm³/mol. The molecule has 0 aliphatic carbocycles. The van der Waals surface area contributed by atoms with Gasteiger partial charge in [0.05, 0.1) is 12.6 Å². The van der Waals surface area contributed by atoms with Crippen LogP contribution in [-0.4, -0.2) is 11.7 Å². The van der Waals surface area contributed by atoms with Crippen molar-refractivity contribution in [1.29, 1.82) is 0 Å². The summed E-state index contributed by atoms with van der Waals surface area (Å²) in [5, 5.41) is 15.6. The van der Waals surface area contributed by atoms with Crippen LogP contribution in [0.4, 0.5) is 13.2 Å². The van der Waals surface area contributed by atoms with Crippen molar-refractivity contribution < 1.29 is 18.3 Å². The fourth-order valence-corrected chi connectivity index (χ4v) is 3.43. The average molecular weight is 337 g/mol. The van der Waals surface area contributed by atoms with Gasteiger partial charge >= 0.3 is 0 Å². The second kappa shape index (κ2) is 6.70. The Morgan fingerprint density at radius 2 is 1.78 bits per heavy atom. The molecule has 3 rings (SSSR count). The number of aliphatic hydroxyl groups excluding tert-OH is 1. The van der Waals surface area contributed by atoms with Gasteiger partial charge in [-0.2, -0.15) is 0 Å². The van der Waals surface area contributed by atoms with Gasteiger partial charge in [0.25, 0.3) is 0 Å². The average Bonchev–Trinajstić information content (AvgIpc) is 2.96. The molecule has 2 N–H and O–H groups in total. The quantitative estimate of drug-likeness (QED) is 0.686. The Morgan fingerprint density at radius 1 is 1.09 bits per heavy atom. The maximum absolute atomic E-state index is 13.3. The lowest BCUT2D eigenvalue weighted by atomic mass is 10.1. The van der Waals surface area contributed by atoms with Gasteiger partial charge in [0.1, 0.15) is 0 Å². The third-order valence-electron chi connectivity index (χ3n) is 3.69. The molecule has 0 aliphatic rings. The molecule has 0 saturated carbocycles. The first-order chi connectivity index (χ1) is 11.1. The van der Waals surface area contributed by atoms with E-state index >= 15 is 0 Å². The molecule has 1 heterocycles. The van der Waals surface area contributed by atoms with Crippen LogP contribution < -0.4 is 5.32 Å². The van der Waals surface area contributed by atoms with Crippen molar-refractivity contribution in [1.82, 2.24) is 5.32 Å². The Bertz CT molecular complexity index is 811. The Morgan fingerprint density at radius 3 is 2.48 bits per heavy atom. The zero-order valence-corrected chi connectivity index (χ0v) is 12.8. The van der Waals surface area contributed by atoms with Gasteiger partial charge in [0.15, 0.2) is 17.5 Å². The third-order valence-corrected chi connectivity index (χ3v) is 4.70. The third kappa shape index (κ3) is 3.24. The molecule has 1 unspecified atom stereocenters. The number of nitrogens with one attached hydrogen (secondary N) is 1. The molecule has 2 nitrogen and oxygen atoms in total. The summed E-state index contributed by atoms with van der Waals surface area (Å²) in [5.41, 5.74) is 1.20. The first-order valence-corrected chi connectivity index (χ1v) is 7.92.